The molecule has 1 atom stereocenters. The van der Waals surface area contributed by atoms with Crippen LogP contribution in [0.3, 0.4) is 0 Å². The van der Waals surface area contributed by atoms with Gasteiger partial charge in [0.1, 0.15) is 0 Å². The molecule has 32 heavy (non-hydrogen) atoms. The number of hydrogen-bond acceptors (Lipinski definition) is 6. The third-order valence-corrected chi connectivity index (χ3v) is 5.97. The summed E-state index contributed by atoms with van der Waals surface area (Å²) >= 11 is 0. The predicted molar refractivity (Wildman–Crippen MR) is 124 cm³/mol. The monoisotopic (exact) mass is 424 g/mol. The molecule has 1 fully saturated rings. The maximum absolute atomic E-state index is 13.4. The van der Waals surface area contributed by atoms with Crippen molar-refractivity contribution in [2.45, 2.75) is 25.7 Å². The molecule has 5 rings (SSSR count). The molecule has 0 spiro atoms. The summed E-state index contributed by atoms with van der Waals surface area (Å²) in [6.45, 7) is 3.36. The number of likely N-dealkylation sites (tertiary alicyclic amines) is 1. The fourth-order valence-electron chi connectivity index (χ4n) is 4.41. The number of carbonyl (C=O) groups excluding carboxylic acids is 1. The largest absolute Gasteiger partial charge is 0.368 e. The number of hydrogen-bond donors (Lipinski definition) is 1. The number of rotatable bonds is 3. The van der Waals surface area contributed by atoms with Crippen LogP contribution in [0.15, 0.2) is 61.1 Å². The van der Waals surface area contributed by atoms with Gasteiger partial charge in [-0.2, -0.15) is 0 Å². The lowest BCUT2D eigenvalue weighted by Crippen LogP contribution is -2.39. The van der Waals surface area contributed by atoms with Gasteiger partial charge in [0.25, 0.3) is 5.91 Å². The zero-order chi connectivity index (χ0) is 22.1. The minimum Gasteiger partial charge on any atom is -0.368 e. The molecule has 1 aliphatic heterocycles. The molecule has 1 aromatic carbocycles. The molecule has 1 amide bonds. The summed E-state index contributed by atoms with van der Waals surface area (Å²) in [5.41, 5.74) is 10.9. The highest BCUT2D eigenvalue weighted by Gasteiger charge is 2.27. The molecule has 0 saturated carbocycles. The second-order valence-electron chi connectivity index (χ2n) is 8.22. The fourth-order valence-corrected chi connectivity index (χ4v) is 4.41. The Balaban J connectivity index is 1.43. The van der Waals surface area contributed by atoms with Crippen LogP contribution in [-0.4, -0.2) is 43.8 Å². The topological polar surface area (TPSA) is 97.9 Å². The van der Waals surface area contributed by atoms with Crippen LogP contribution < -0.4 is 5.73 Å². The van der Waals surface area contributed by atoms with Crippen LogP contribution in [0.4, 0.5) is 5.95 Å². The number of carbonyl (C=O) groups is 1. The van der Waals surface area contributed by atoms with Crippen molar-refractivity contribution < 1.29 is 4.79 Å². The second kappa shape index (κ2) is 8.34. The molecule has 2 N–H and O–H groups in total. The normalized spacial score (nSPS) is 16.3. The van der Waals surface area contributed by atoms with Crippen LogP contribution in [0, 0.1) is 6.92 Å². The first-order valence-electron chi connectivity index (χ1n) is 10.8. The lowest BCUT2D eigenvalue weighted by molar-refractivity contribution is 0.0707. The molecule has 0 aliphatic carbocycles. The maximum atomic E-state index is 13.4. The Labute approximate surface area is 186 Å². The average Bonchev–Trinajstić information content (AvgIpc) is 2.83. The van der Waals surface area contributed by atoms with E-state index in [0.717, 1.165) is 52.8 Å². The van der Waals surface area contributed by atoms with E-state index in [9.17, 15) is 4.79 Å². The predicted octanol–water partition coefficient (Wildman–Crippen LogP) is 4.00. The average molecular weight is 425 g/mol. The van der Waals surface area contributed by atoms with Gasteiger partial charge >= 0.3 is 0 Å². The number of piperidine rings is 1. The van der Waals surface area contributed by atoms with Crippen molar-refractivity contribution in [2.24, 2.45) is 0 Å². The molecule has 3 aromatic heterocycles. The number of fused-ring (bicyclic) bond motifs is 1. The molecule has 7 nitrogen and oxygen atoms in total. The van der Waals surface area contributed by atoms with E-state index < -0.39 is 0 Å². The van der Waals surface area contributed by atoms with Gasteiger partial charge in [0.15, 0.2) is 0 Å². The Bertz CT molecular complexity index is 1280. The number of nitrogen functional groups attached to an aromatic ring is 1. The first kappa shape index (κ1) is 20.1. The minimum absolute atomic E-state index is 0.0267. The van der Waals surface area contributed by atoms with E-state index >= 15 is 0 Å². The molecular formula is C25H24N6O. The van der Waals surface area contributed by atoms with E-state index in [1.54, 1.807) is 18.6 Å². The van der Waals surface area contributed by atoms with Crippen LogP contribution in [0.25, 0.3) is 22.0 Å². The molecule has 0 unspecified atom stereocenters. The van der Waals surface area contributed by atoms with Gasteiger partial charge in [-0.1, -0.05) is 18.2 Å². The van der Waals surface area contributed by atoms with Crippen LogP contribution in [0.5, 0.6) is 0 Å². The van der Waals surface area contributed by atoms with E-state index in [1.165, 1.54) is 0 Å². The van der Waals surface area contributed by atoms with Gasteiger partial charge in [0.05, 0.1) is 11.1 Å². The van der Waals surface area contributed by atoms with Gasteiger partial charge < -0.3 is 10.6 Å². The Kier molecular flexibility index (Phi) is 5.23. The highest BCUT2D eigenvalue weighted by molar-refractivity contribution is 6.05. The SMILES string of the molecule is Cc1cc(-c2cnc(N)nc2)cc([C@H]2CCCN(C(=O)c3cccc4cccnc34)C2)n1. The van der Waals surface area contributed by atoms with E-state index in [-0.39, 0.29) is 17.8 Å². The van der Waals surface area contributed by atoms with Gasteiger partial charge in [0, 0.05) is 59.9 Å². The van der Waals surface area contributed by atoms with Crippen molar-refractivity contribution in [1.29, 1.82) is 0 Å². The zero-order valence-corrected chi connectivity index (χ0v) is 17.9. The maximum Gasteiger partial charge on any atom is 0.256 e. The van der Waals surface area contributed by atoms with Crippen molar-refractivity contribution in [3.05, 3.63) is 78.0 Å². The van der Waals surface area contributed by atoms with Crippen molar-refractivity contribution in [1.82, 2.24) is 24.8 Å². The van der Waals surface area contributed by atoms with Crippen molar-refractivity contribution in [2.75, 3.05) is 18.8 Å². The van der Waals surface area contributed by atoms with Gasteiger partial charge in [-0.3, -0.25) is 14.8 Å². The number of aromatic nitrogens is 4. The molecular weight excluding hydrogens is 400 g/mol. The molecule has 0 bridgehead atoms. The molecule has 4 aromatic rings. The van der Waals surface area contributed by atoms with Crippen molar-refractivity contribution in [3.63, 3.8) is 0 Å². The summed E-state index contributed by atoms with van der Waals surface area (Å²) in [4.78, 5) is 32.8. The third-order valence-electron chi connectivity index (χ3n) is 5.97. The van der Waals surface area contributed by atoms with Gasteiger partial charge in [0.2, 0.25) is 5.95 Å². The quantitative estimate of drug-likeness (QED) is 0.534. The number of para-hydroxylation sites is 1. The molecule has 4 heterocycles. The minimum atomic E-state index is 0.0267. The number of pyridine rings is 2. The third kappa shape index (κ3) is 3.89. The number of anilines is 1. The first-order valence-corrected chi connectivity index (χ1v) is 10.8. The number of nitrogens with two attached hydrogens (primary N) is 1. The highest BCUT2D eigenvalue weighted by Crippen LogP contribution is 2.30. The lowest BCUT2D eigenvalue weighted by Gasteiger charge is -2.33. The molecule has 7 heteroatoms. The standard InChI is InChI=1S/C25H24N6O/c1-16-11-19(20-13-28-25(26)29-14-20)12-22(30-16)18-7-4-10-31(15-18)24(32)21-8-2-5-17-6-3-9-27-23(17)21/h2-3,5-6,8-9,11-14,18H,4,7,10,15H2,1H3,(H2,26,28,29)/t18-/m0/s1. The summed E-state index contributed by atoms with van der Waals surface area (Å²) < 4.78 is 0. The highest BCUT2D eigenvalue weighted by atomic mass is 16.2. The fraction of sp³-hybridized carbons (Fsp3) is 0.240. The number of aryl methyl sites for hydroxylation is 1. The second-order valence-corrected chi connectivity index (χ2v) is 8.22. The Morgan fingerprint density at radius 3 is 2.72 bits per heavy atom. The zero-order valence-electron chi connectivity index (χ0n) is 17.9. The van der Waals surface area contributed by atoms with Gasteiger partial charge in [-0.25, -0.2) is 9.97 Å². The van der Waals surface area contributed by atoms with E-state index in [0.29, 0.717) is 12.1 Å². The Hall–Kier alpha value is -3.87. The molecule has 0 radical (unpaired) electrons. The van der Waals surface area contributed by atoms with Crippen LogP contribution in [0.2, 0.25) is 0 Å². The summed E-state index contributed by atoms with van der Waals surface area (Å²) in [6, 6.07) is 13.7. The van der Waals surface area contributed by atoms with Crippen LogP contribution >= 0.6 is 0 Å². The number of nitrogens with zero attached hydrogens (tertiary/aromatic N) is 5. The van der Waals surface area contributed by atoms with E-state index in [4.69, 9.17) is 10.7 Å². The Morgan fingerprint density at radius 2 is 1.88 bits per heavy atom. The van der Waals surface area contributed by atoms with E-state index in [1.807, 2.05) is 48.2 Å². The smallest absolute Gasteiger partial charge is 0.256 e. The van der Waals surface area contributed by atoms with Gasteiger partial charge in [-0.05, 0) is 49.6 Å². The molecule has 1 aliphatic rings. The lowest BCUT2D eigenvalue weighted by atomic mass is 9.92. The Morgan fingerprint density at radius 1 is 1.06 bits per heavy atom. The van der Waals surface area contributed by atoms with Gasteiger partial charge in [-0.15, -0.1) is 0 Å². The number of amides is 1. The molecule has 160 valence electrons. The summed E-state index contributed by atoms with van der Waals surface area (Å²) in [5.74, 6) is 0.451. The first-order chi connectivity index (χ1) is 15.6. The summed E-state index contributed by atoms with van der Waals surface area (Å²) in [7, 11) is 0. The van der Waals surface area contributed by atoms with Crippen LogP contribution in [-0.2, 0) is 0 Å². The molecule has 1 saturated heterocycles. The van der Waals surface area contributed by atoms with Crippen LogP contribution in [0.1, 0.15) is 40.5 Å². The van der Waals surface area contributed by atoms with Crippen molar-refractivity contribution in [3.8, 4) is 11.1 Å². The summed E-state index contributed by atoms with van der Waals surface area (Å²) in [6.07, 6.45) is 7.11. The van der Waals surface area contributed by atoms with E-state index in [2.05, 4.69) is 21.0 Å². The van der Waals surface area contributed by atoms with Crippen molar-refractivity contribution >= 4 is 22.8 Å². The summed E-state index contributed by atoms with van der Waals surface area (Å²) in [5, 5.41) is 0.975. The number of benzene rings is 1.